The van der Waals surface area contributed by atoms with E-state index in [1.165, 1.54) is 17.7 Å². The Morgan fingerprint density at radius 2 is 1.64 bits per heavy atom. The Balaban J connectivity index is 0.000000236. The molecule has 2 aromatic heterocycles. The maximum atomic E-state index is 12.2. The second kappa shape index (κ2) is 8.20. The molecule has 1 saturated heterocycles. The molecular weight excluding hydrogens is 366 g/mol. The van der Waals surface area contributed by atoms with Crippen LogP contribution in [-0.4, -0.2) is 52.6 Å². The largest absolute Gasteiger partial charge is 0.381 e. The van der Waals surface area contributed by atoms with Crippen molar-refractivity contribution < 1.29 is 13.6 Å². The van der Waals surface area contributed by atoms with Gasteiger partial charge in [0, 0.05) is 33.4 Å². The van der Waals surface area contributed by atoms with Crippen molar-refractivity contribution in [2.75, 3.05) is 37.8 Å². The number of halogens is 2. The lowest BCUT2D eigenvalue weighted by Gasteiger charge is -2.16. The Hall–Kier alpha value is -3.23. The molecule has 0 radical (unpaired) electrons. The monoisotopic (exact) mass is 388 g/mol. The lowest BCUT2D eigenvalue weighted by atomic mass is 10.3. The first-order valence-corrected chi connectivity index (χ1v) is 8.89. The predicted octanol–water partition coefficient (Wildman–Crippen LogP) is 2.58. The number of nitrogen functional groups attached to an aromatic ring is 1. The smallest absolute Gasteiger partial charge is 0.261 e. The molecule has 2 N–H and O–H groups in total. The second-order valence-corrected chi connectivity index (χ2v) is 6.64. The van der Waals surface area contributed by atoms with Crippen LogP contribution in [0.15, 0.2) is 36.5 Å². The summed E-state index contributed by atoms with van der Waals surface area (Å²) in [5.74, 6) is 0.0962. The van der Waals surface area contributed by atoms with Gasteiger partial charge in [-0.1, -0.05) is 0 Å². The van der Waals surface area contributed by atoms with Crippen LogP contribution in [0.1, 0.15) is 23.2 Å². The van der Waals surface area contributed by atoms with Crippen molar-refractivity contribution >= 4 is 23.2 Å². The van der Waals surface area contributed by atoms with Crippen LogP contribution in [0.4, 0.5) is 20.4 Å². The highest BCUT2D eigenvalue weighted by Crippen LogP contribution is 2.22. The average molecular weight is 388 g/mol. The summed E-state index contributed by atoms with van der Waals surface area (Å²) < 4.78 is 25.4. The van der Waals surface area contributed by atoms with Crippen molar-refractivity contribution in [3.8, 4) is 0 Å². The Kier molecular flexibility index (Phi) is 5.72. The Morgan fingerprint density at radius 3 is 2.18 bits per heavy atom. The van der Waals surface area contributed by atoms with E-state index in [0.717, 1.165) is 43.2 Å². The molecule has 0 spiro atoms. The zero-order valence-electron chi connectivity index (χ0n) is 15.8. The SMILES string of the molecule is CN(C)C(=O)c1c(N)nn2ccc(N3CCCC3)nc12.Fc1ccc(F)cc1. The number of nitrogens with two attached hydrogens (primary N) is 1. The van der Waals surface area contributed by atoms with E-state index < -0.39 is 11.6 Å². The van der Waals surface area contributed by atoms with E-state index in [9.17, 15) is 13.6 Å². The number of fused-ring (bicyclic) bond motifs is 1. The number of nitrogens with zero attached hydrogens (tertiary/aromatic N) is 5. The third-order valence-electron chi connectivity index (χ3n) is 4.35. The predicted molar refractivity (Wildman–Crippen MR) is 103 cm³/mol. The first kappa shape index (κ1) is 19.5. The summed E-state index contributed by atoms with van der Waals surface area (Å²) in [5.41, 5.74) is 6.75. The van der Waals surface area contributed by atoms with Crippen LogP contribution in [0.2, 0.25) is 0 Å². The van der Waals surface area contributed by atoms with Crippen molar-refractivity contribution in [1.82, 2.24) is 19.5 Å². The number of rotatable bonds is 2. The van der Waals surface area contributed by atoms with Gasteiger partial charge in [0.15, 0.2) is 11.5 Å². The molecule has 1 aliphatic heterocycles. The molecule has 1 aliphatic rings. The van der Waals surface area contributed by atoms with Crippen LogP contribution >= 0.6 is 0 Å². The Bertz CT molecular complexity index is 943. The van der Waals surface area contributed by atoms with Gasteiger partial charge in [-0.15, -0.1) is 5.10 Å². The number of benzene rings is 1. The molecule has 148 valence electrons. The number of carbonyl (C=O) groups excluding carboxylic acids is 1. The number of anilines is 2. The van der Waals surface area contributed by atoms with Gasteiger partial charge < -0.3 is 15.5 Å². The minimum atomic E-state index is -0.411. The molecule has 0 atom stereocenters. The third-order valence-corrected chi connectivity index (χ3v) is 4.35. The molecular formula is C19H22F2N6O. The summed E-state index contributed by atoms with van der Waals surface area (Å²) >= 11 is 0. The molecule has 1 amide bonds. The molecule has 28 heavy (non-hydrogen) atoms. The maximum Gasteiger partial charge on any atom is 0.261 e. The van der Waals surface area contributed by atoms with Crippen LogP contribution in [0.5, 0.6) is 0 Å². The second-order valence-electron chi connectivity index (χ2n) is 6.64. The van der Waals surface area contributed by atoms with Crippen LogP contribution in [0.25, 0.3) is 5.65 Å². The third kappa shape index (κ3) is 4.19. The lowest BCUT2D eigenvalue weighted by molar-refractivity contribution is 0.0830. The molecule has 3 heterocycles. The summed E-state index contributed by atoms with van der Waals surface area (Å²) in [7, 11) is 3.38. The van der Waals surface area contributed by atoms with E-state index in [0.29, 0.717) is 11.2 Å². The molecule has 1 fully saturated rings. The van der Waals surface area contributed by atoms with Crippen molar-refractivity contribution in [1.29, 1.82) is 0 Å². The summed E-state index contributed by atoms with van der Waals surface area (Å²) in [6.07, 6.45) is 4.16. The van der Waals surface area contributed by atoms with Gasteiger partial charge in [0.25, 0.3) is 5.91 Å². The molecule has 9 heteroatoms. The van der Waals surface area contributed by atoms with E-state index in [1.54, 1.807) is 24.8 Å². The van der Waals surface area contributed by atoms with Crippen molar-refractivity contribution in [3.63, 3.8) is 0 Å². The van der Waals surface area contributed by atoms with Gasteiger partial charge in [0.05, 0.1) is 0 Å². The quantitative estimate of drug-likeness (QED) is 0.730. The highest BCUT2D eigenvalue weighted by Gasteiger charge is 2.22. The fourth-order valence-corrected chi connectivity index (χ4v) is 2.92. The van der Waals surface area contributed by atoms with E-state index >= 15 is 0 Å². The molecule has 1 aromatic carbocycles. The van der Waals surface area contributed by atoms with Gasteiger partial charge in [-0.25, -0.2) is 18.3 Å². The fraction of sp³-hybridized carbons (Fsp3) is 0.316. The number of hydrogen-bond donors (Lipinski definition) is 1. The minimum Gasteiger partial charge on any atom is -0.381 e. The van der Waals surface area contributed by atoms with Crippen LogP contribution < -0.4 is 10.6 Å². The van der Waals surface area contributed by atoms with Gasteiger partial charge >= 0.3 is 0 Å². The number of hydrogen-bond acceptors (Lipinski definition) is 5. The molecule has 7 nitrogen and oxygen atoms in total. The minimum absolute atomic E-state index is 0.177. The van der Waals surface area contributed by atoms with E-state index in [4.69, 9.17) is 5.73 Å². The zero-order valence-corrected chi connectivity index (χ0v) is 15.8. The van der Waals surface area contributed by atoms with Gasteiger partial charge in [-0.3, -0.25) is 4.79 Å². The van der Waals surface area contributed by atoms with E-state index in [1.807, 2.05) is 6.07 Å². The van der Waals surface area contributed by atoms with Gasteiger partial charge in [-0.05, 0) is 43.2 Å². The number of amides is 1. The van der Waals surface area contributed by atoms with E-state index in [-0.39, 0.29) is 11.7 Å². The lowest BCUT2D eigenvalue weighted by Crippen LogP contribution is -2.23. The summed E-state index contributed by atoms with van der Waals surface area (Å²) in [4.78, 5) is 20.5. The standard InChI is InChI=1S/C13H18N6O.C6H4F2/c1-17(2)13(20)10-11(14)16-19-8-5-9(15-12(10)19)18-6-3-4-7-18;7-5-1-2-6(8)4-3-5/h5,8H,3-4,6-7H2,1-2H3,(H2,14,16);1-4H. The Morgan fingerprint density at radius 1 is 1.07 bits per heavy atom. The molecule has 0 saturated carbocycles. The normalized spacial score (nSPS) is 13.4. The van der Waals surface area contributed by atoms with Gasteiger partial charge in [0.1, 0.15) is 23.0 Å². The highest BCUT2D eigenvalue weighted by atomic mass is 19.1. The molecule has 0 bridgehead atoms. The van der Waals surface area contributed by atoms with Crippen LogP contribution in [0, 0.1) is 11.6 Å². The van der Waals surface area contributed by atoms with Crippen molar-refractivity contribution in [2.24, 2.45) is 0 Å². The fourth-order valence-electron chi connectivity index (χ4n) is 2.92. The van der Waals surface area contributed by atoms with Gasteiger partial charge in [-0.2, -0.15) is 0 Å². The van der Waals surface area contributed by atoms with Crippen molar-refractivity contribution in [2.45, 2.75) is 12.8 Å². The van der Waals surface area contributed by atoms with Gasteiger partial charge in [0.2, 0.25) is 0 Å². The number of aromatic nitrogens is 3. The number of carbonyl (C=O) groups is 1. The Labute approximate surface area is 161 Å². The highest BCUT2D eigenvalue weighted by molar-refractivity contribution is 6.04. The molecule has 4 rings (SSSR count). The molecule has 0 unspecified atom stereocenters. The van der Waals surface area contributed by atoms with E-state index in [2.05, 4.69) is 15.0 Å². The maximum absolute atomic E-state index is 12.2. The topological polar surface area (TPSA) is 79.8 Å². The first-order valence-electron chi connectivity index (χ1n) is 8.89. The molecule has 3 aromatic rings. The molecule has 0 aliphatic carbocycles. The van der Waals surface area contributed by atoms with Crippen LogP contribution in [0.3, 0.4) is 0 Å². The summed E-state index contributed by atoms with van der Waals surface area (Å²) in [6, 6.07) is 6.23. The zero-order chi connectivity index (χ0) is 20.3. The van der Waals surface area contributed by atoms with Crippen molar-refractivity contribution in [3.05, 3.63) is 53.7 Å². The van der Waals surface area contributed by atoms with Crippen LogP contribution in [-0.2, 0) is 0 Å². The average Bonchev–Trinajstić information content (AvgIpc) is 3.30. The summed E-state index contributed by atoms with van der Waals surface area (Å²) in [5, 5.41) is 4.15. The summed E-state index contributed by atoms with van der Waals surface area (Å²) in [6.45, 7) is 2.01. The first-order chi connectivity index (χ1) is 13.4.